The van der Waals surface area contributed by atoms with E-state index in [0.29, 0.717) is 6.04 Å². The van der Waals surface area contributed by atoms with Crippen LogP contribution in [0.1, 0.15) is 71.1 Å². The van der Waals surface area contributed by atoms with E-state index in [9.17, 15) is 0 Å². The van der Waals surface area contributed by atoms with Gasteiger partial charge in [-0.2, -0.15) is 0 Å². The molecule has 2 heteroatoms. The van der Waals surface area contributed by atoms with Gasteiger partial charge in [0.05, 0.1) is 0 Å². The Kier molecular flexibility index (Phi) is 4.28. The number of rotatable bonds is 4. The van der Waals surface area contributed by atoms with Gasteiger partial charge in [-0.1, -0.05) is 19.3 Å². The van der Waals surface area contributed by atoms with Gasteiger partial charge in [-0.3, -0.25) is 0 Å². The molecule has 2 N–H and O–H groups in total. The number of hydrogen-bond donors (Lipinski definition) is 2. The molecule has 120 valence electrons. The van der Waals surface area contributed by atoms with E-state index in [2.05, 4.69) is 17.6 Å². The average Bonchev–Trinajstić information content (AvgIpc) is 3.09. The predicted octanol–water partition coefficient (Wildman–Crippen LogP) is 3.71. The van der Waals surface area contributed by atoms with Crippen LogP contribution in [0.3, 0.4) is 0 Å². The lowest BCUT2D eigenvalue weighted by molar-refractivity contribution is 0.195. The monoisotopic (exact) mass is 290 g/mol. The van der Waals surface area contributed by atoms with Gasteiger partial charge in [-0.05, 0) is 82.1 Å². The first-order chi connectivity index (χ1) is 10.3. The summed E-state index contributed by atoms with van der Waals surface area (Å²) < 4.78 is 0. The van der Waals surface area contributed by atoms with Gasteiger partial charge in [-0.15, -0.1) is 0 Å². The van der Waals surface area contributed by atoms with Crippen LogP contribution in [0.5, 0.6) is 0 Å². The average molecular weight is 290 g/mol. The van der Waals surface area contributed by atoms with Gasteiger partial charge in [0.1, 0.15) is 0 Å². The SMILES string of the molecule is CC(CC1CCCCCN1)NC1CC2CC1C1CCCC21. The standard InChI is InChI=1S/C19H34N2/c1-13(10-15-6-3-2-4-9-20-15)21-19-12-14-11-18(19)17-8-5-7-16(14)17/h13-21H,2-12H2,1H3. The lowest BCUT2D eigenvalue weighted by Gasteiger charge is -2.34. The zero-order chi connectivity index (χ0) is 14.2. The third-order valence-electron chi connectivity index (χ3n) is 7.23. The molecule has 0 aromatic rings. The molecule has 3 saturated carbocycles. The molecule has 1 heterocycles. The van der Waals surface area contributed by atoms with E-state index in [1.165, 1.54) is 51.5 Å². The molecule has 4 fully saturated rings. The number of hydrogen-bond acceptors (Lipinski definition) is 2. The Morgan fingerprint density at radius 2 is 1.86 bits per heavy atom. The third-order valence-corrected chi connectivity index (χ3v) is 7.23. The summed E-state index contributed by atoms with van der Waals surface area (Å²) in [6, 6.07) is 2.33. The van der Waals surface area contributed by atoms with E-state index in [1.54, 1.807) is 19.3 Å². The van der Waals surface area contributed by atoms with E-state index >= 15 is 0 Å². The quantitative estimate of drug-likeness (QED) is 0.825. The summed E-state index contributed by atoms with van der Waals surface area (Å²) in [5.74, 6) is 4.35. The molecule has 3 aliphatic carbocycles. The van der Waals surface area contributed by atoms with E-state index in [1.807, 2.05) is 0 Å². The van der Waals surface area contributed by atoms with Crippen molar-refractivity contribution >= 4 is 0 Å². The van der Waals surface area contributed by atoms with Gasteiger partial charge in [0.2, 0.25) is 0 Å². The van der Waals surface area contributed by atoms with Gasteiger partial charge in [-0.25, -0.2) is 0 Å². The first-order valence-corrected chi connectivity index (χ1v) is 9.80. The molecule has 21 heavy (non-hydrogen) atoms. The van der Waals surface area contributed by atoms with Crippen molar-refractivity contribution in [3.05, 3.63) is 0 Å². The van der Waals surface area contributed by atoms with Crippen LogP contribution in [0.4, 0.5) is 0 Å². The van der Waals surface area contributed by atoms with Crippen LogP contribution in [0.2, 0.25) is 0 Å². The Morgan fingerprint density at radius 3 is 2.81 bits per heavy atom. The smallest absolute Gasteiger partial charge is 0.0103 e. The van der Waals surface area contributed by atoms with Crippen LogP contribution in [0.25, 0.3) is 0 Å². The molecule has 7 unspecified atom stereocenters. The molecular formula is C19H34N2. The summed E-state index contributed by atoms with van der Waals surface area (Å²) in [6.45, 7) is 3.68. The second kappa shape index (κ2) is 6.20. The molecule has 0 aromatic heterocycles. The Labute approximate surface area is 130 Å². The molecule has 2 nitrogen and oxygen atoms in total. The van der Waals surface area contributed by atoms with Crippen LogP contribution in [-0.4, -0.2) is 24.7 Å². The first-order valence-electron chi connectivity index (χ1n) is 9.80. The maximum Gasteiger partial charge on any atom is 0.0103 e. The second-order valence-corrected chi connectivity index (χ2v) is 8.56. The van der Waals surface area contributed by atoms with Gasteiger partial charge < -0.3 is 10.6 Å². The first kappa shape index (κ1) is 14.5. The van der Waals surface area contributed by atoms with E-state index < -0.39 is 0 Å². The Balaban J connectivity index is 1.28. The molecule has 0 amide bonds. The highest BCUT2D eigenvalue weighted by molar-refractivity contribution is 5.06. The number of fused-ring (bicyclic) bond motifs is 5. The number of nitrogens with one attached hydrogen (secondary N) is 2. The van der Waals surface area contributed by atoms with Crippen molar-refractivity contribution < 1.29 is 0 Å². The minimum atomic E-state index is 0.699. The van der Waals surface area contributed by atoms with Crippen LogP contribution >= 0.6 is 0 Å². The summed E-state index contributed by atoms with van der Waals surface area (Å²) in [7, 11) is 0. The van der Waals surface area contributed by atoms with Crippen LogP contribution in [-0.2, 0) is 0 Å². The molecule has 1 saturated heterocycles. The second-order valence-electron chi connectivity index (χ2n) is 8.56. The molecule has 1 aliphatic heterocycles. The summed E-state index contributed by atoms with van der Waals surface area (Å²) in [5, 5.41) is 7.82. The Bertz CT molecular complexity index is 347. The fourth-order valence-corrected chi connectivity index (χ4v) is 6.42. The highest BCUT2D eigenvalue weighted by Gasteiger charge is 2.53. The van der Waals surface area contributed by atoms with Crippen molar-refractivity contribution in [2.45, 2.75) is 89.3 Å². The fourth-order valence-electron chi connectivity index (χ4n) is 6.42. The van der Waals surface area contributed by atoms with Crippen molar-refractivity contribution in [3.63, 3.8) is 0 Å². The summed E-state index contributed by atoms with van der Waals surface area (Å²) in [5.41, 5.74) is 0. The van der Waals surface area contributed by atoms with Gasteiger partial charge in [0.25, 0.3) is 0 Å². The Hall–Kier alpha value is -0.0800. The lowest BCUT2D eigenvalue weighted by atomic mass is 9.79. The highest BCUT2D eigenvalue weighted by atomic mass is 15.0. The minimum absolute atomic E-state index is 0.699. The maximum atomic E-state index is 4.05. The van der Waals surface area contributed by atoms with E-state index in [-0.39, 0.29) is 0 Å². The molecular weight excluding hydrogens is 256 g/mol. The largest absolute Gasteiger partial charge is 0.314 e. The fraction of sp³-hybridized carbons (Fsp3) is 1.00. The summed E-state index contributed by atoms with van der Waals surface area (Å²) in [6.07, 6.45) is 14.7. The normalized spacial score (nSPS) is 47.3. The highest BCUT2D eigenvalue weighted by Crippen LogP contribution is 2.58. The molecule has 7 atom stereocenters. The zero-order valence-corrected chi connectivity index (χ0v) is 13.8. The predicted molar refractivity (Wildman–Crippen MR) is 88.3 cm³/mol. The third kappa shape index (κ3) is 2.91. The van der Waals surface area contributed by atoms with E-state index in [0.717, 1.165) is 35.8 Å². The van der Waals surface area contributed by atoms with Gasteiger partial charge in [0, 0.05) is 18.1 Å². The molecule has 0 spiro atoms. The molecule has 4 aliphatic rings. The van der Waals surface area contributed by atoms with Gasteiger partial charge >= 0.3 is 0 Å². The van der Waals surface area contributed by atoms with Gasteiger partial charge in [0.15, 0.2) is 0 Å². The summed E-state index contributed by atoms with van der Waals surface area (Å²) >= 11 is 0. The van der Waals surface area contributed by atoms with Crippen molar-refractivity contribution in [1.29, 1.82) is 0 Å². The van der Waals surface area contributed by atoms with Crippen LogP contribution in [0.15, 0.2) is 0 Å². The van der Waals surface area contributed by atoms with Crippen LogP contribution < -0.4 is 10.6 Å². The molecule has 0 radical (unpaired) electrons. The molecule has 2 bridgehead atoms. The van der Waals surface area contributed by atoms with Crippen molar-refractivity contribution in [1.82, 2.24) is 10.6 Å². The maximum absolute atomic E-state index is 4.05. The van der Waals surface area contributed by atoms with Crippen molar-refractivity contribution in [3.8, 4) is 0 Å². The van der Waals surface area contributed by atoms with Crippen molar-refractivity contribution in [2.75, 3.05) is 6.54 Å². The topological polar surface area (TPSA) is 24.1 Å². The zero-order valence-electron chi connectivity index (χ0n) is 13.8. The van der Waals surface area contributed by atoms with Crippen molar-refractivity contribution in [2.24, 2.45) is 23.7 Å². The summed E-state index contributed by atoms with van der Waals surface area (Å²) in [4.78, 5) is 0. The molecule has 0 aromatic carbocycles. The lowest BCUT2D eigenvalue weighted by Crippen LogP contribution is -2.46. The van der Waals surface area contributed by atoms with E-state index in [4.69, 9.17) is 0 Å². The minimum Gasteiger partial charge on any atom is -0.314 e. The van der Waals surface area contributed by atoms with Crippen LogP contribution in [0, 0.1) is 23.7 Å². The molecule has 4 rings (SSSR count). The Morgan fingerprint density at radius 1 is 0.952 bits per heavy atom.